The quantitative estimate of drug-likeness (QED) is 0.0591. The summed E-state index contributed by atoms with van der Waals surface area (Å²) in [5.74, 6) is 4.07. The molecule has 0 aliphatic carbocycles. The highest BCUT2D eigenvalue weighted by Gasteiger charge is 2.17. The largest absolute Gasteiger partial charge is 0.466 e. The van der Waals surface area contributed by atoms with Crippen LogP contribution in [-0.4, -0.2) is 36.4 Å². The zero-order valence-corrected chi connectivity index (χ0v) is 34.3. The van der Waals surface area contributed by atoms with E-state index in [4.69, 9.17) is 18.3 Å². The SMILES string of the molecule is CCCCCc1oc(CCCCCCCCCCCCC(=O)OC[C@H](CO)OC(=O)CCCCCCCCc2oc(CCC)c(C)c2C)c(C)c1C. The molecule has 1 atom stereocenters. The molecule has 0 aromatic carbocycles. The second-order valence-electron chi connectivity index (χ2n) is 15.2. The second-order valence-corrected chi connectivity index (χ2v) is 15.2. The van der Waals surface area contributed by atoms with E-state index in [9.17, 15) is 14.7 Å². The van der Waals surface area contributed by atoms with Crippen LogP contribution in [-0.2, 0) is 44.7 Å². The van der Waals surface area contributed by atoms with Gasteiger partial charge in [0.25, 0.3) is 0 Å². The first-order valence-corrected chi connectivity index (χ1v) is 21.3. The summed E-state index contributed by atoms with van der Waals surface area (Å²) in [6.07, 6.45) is 26.8. The molecule has 2 rings (SSSR count). The summed E-state index contributed by atoms with van der Waals surface area (Å²) in [6, 6.07) is 0. The Kier molecular flexibility index (Phi) is 24.5. The molecule has 2 aromatic heterocycles. The molecule has 0 amide bonds. The molecule has 0 spiro atoms. The molecule has 1 N–H and O–H groups in total. The van der Waals surface area contributed by atoms with Gasteiger partial charge in [0.15, 0.2) is 6.10 Å². The van der Waals surface area contributed by atoms with Crippen molar-refractivity contribution in [1.82, 2.24) is 0 Å². The third-order valence-corrected chi connectivity index (χ3v) is 10.8. The Balaban J connectivity index is 1.39. The van der Waals surface area contributed by atoms with Gasteiger partial charge in [-0.15, -0.1) is 0 Å². The van der Waals surface area contributed by atoms with E-state index in [0.29, 0.717) is 12.8 Å². The first-order chi connectivity index (χ1) is 25.2. The predicted molar refractivity (Wildman–Crippen MR) is 212 cm³/mol. The van der Waals surface area contributed by atoms with Crippen LogP contribution in [0.5, 0.6) is 0 Å². The average molecular weight is 729 g/mol. The highest BCUT2D eigenvalue weighted by molar-refractivity contribution is 5.70. The number of unbranched alkanes of at least 4 members (excludes halogenated alkanes) is 16. The fourth-order valence-electron chi connectivity index (χ4n) is 7.01. The number of aryl methyl sites for hydroxylation is 4. The lowest BCUT2D eigenvalue weighted by Crippen LogP contribution is -2.28. The number of aliphatic hydroxyl groups excluding tert-OH is 1. The Bertz CT molecular complexity index is 1240. The van der Waals surface area contributed by atoms with Gasteiger partial charge in [-0.2, -0.15) is 0 Å². The summed E-state index contributed by atoms with van der Waals surface area (Å²) in [5.41, 5.74) is 5.35. The Morgan fingerprint density at radius 2 is 0.865 bits per heavy atom. The Morgan fingerprint density at radius 3 is 1.27 bits per heavy atom. The molecule has 0 unspecified atom stereocenters. The molecule has 52 heavy (non-hydrogen) atoms. The number of carbonyl (C=O) groups excluding carboxylic acids is 2. The highest BCUT2D eigenvalue weighted by Crippen LogP contribution is 2.26. The third-order valence-electron chi connectivity index (χ3n) is 10.8. The standard InChI is InChI=1S/C45H76O7/c1-7-9-22-28-41-37(5)38(6)43(52-41)30-23-18-14-12-10-11-13-15-20-25-31-44(47)49-34-39(33-46)50-45(48)32-26-21-17-16-19-24-29-42-36(4)35(3)40(51-42)27-8-2/h39,46H,7-34H2,1-6H3/t39-/m0/s1. The average Bonchev–Trinajstić information content (AvgIpc) is 3.56. The van der Waals surface area contributed by atoms with E-state index in [1.165, 1.54) is 98.0 Å². The number of hydrogen-bond donors (Lipinski definition) is 1. The maximum atomic E-state index is 12.3. The van der Waals surface area contributed by atoms with E-state index >= 15 is 0 Å². The number of rotatable bonds is 32. The molecule has 0 radical (unpaired) electrons. The topological polar surface area (TPSA) is 99.1 Å². The lowest BCUT2D eigenvalue weighted by atomic mass is 10.0. The summed E-state index contributed by atoms with van der Waals surface area (Å²) in [7, 11) is 0. The van der Waals surface area contributed by atoms with Crippen molar-refractivity contribution in [3.63, 3.8) is 0 Å². The Labute approximate surface area is 317 Å². The first kappa shape index (κ1) is 45.6. The van der Waals surface area contributed by atoms with E-state index < -0.39 is 6.10 Å². The van der Waals surface area contributed by atoms with Crippen LogP contribution >= 0.6 is 0 Å². The van der Waals surface area contributed by atoms with Crippen LogP contribution in [0.25, 0.3) is 0 Å². The van der Waals surface area contributed by atoms with Crippen LogP contribution in [0.4, 0.5) is 0 Å². The zero-order chi connectivity index (χ0) is 38.0. The van der Waals surface area contributed by atoms with Crippen molar-refractivity contribution < 1.29 is 33.0 Å². The molecule has 7 nitrogen and oxygen atoms in total. The Hall–Kier alpha value is -2.54. The molecule has 2 aromatic rings. The predicted octanol–water partition coefficient (Wildman–Crippen LogP) is 12.0. The maximum absolute atomic E-state index is 12.3. The van der Waals surface area contributed by atoms with Gasteiger partial charge in [0, 0.05) is 38.5 Å². The van der Waals surface area contributed by atoms with E-state index in [2.05, 4.69) is 41.5 Å². The zero-order valence-electron chi connectivity index (χ0n) is 34.3. The van der Waals surface area contributed by atoms with Crippen LogP contribution in [0.3, 0.4) is 0 Å². The normalized spacial score (nSPS) is 12.1. The van der Waals surface area contributed by atoms with Crippen molar-refractivity contribution in [3.8, 4) is 0 Å². The van der Waals surface area contributed by atoms with Crippen LogP contribution in [0.2, 0.25) is 0 Å². The number of aliphatic hydroxyl groups is 1. The number of carbonyl (C=O) groups is 2. The van der Waals surface area contributed by atoms with Crippen molar-refractivity contribution in [1.29, 1.82) is 0 Å². The molecule has 0 fully saturated rings. The number of furan rings is 2. The van der Waals surface area contributed by atoms with Gasteiger partial charge in [-0.1, -0.05) is 104 Å². The van der Waals surface area contributed by atoms with E-state index in [1.807, 2.05) is 0 Å². The Morgan fingerprint density at radius 1 is 0.500 bits per heavy atom. The van der Waals surface area contributed by atoms with Gasteiger partial charge in [0.05, 0.1) is 6.61 Å². The van der Waals surface area contributed by atoms with Crippen molar-refractivity contribution in [3.05, 3.63) is 45.3 Å². The molecule has 298 valence electrons. The fourth-order valence-corrected chi connectivity index (χ4v) is 7.01. The summed E-state index contributed by atoms with van der Waals surface area (Å²) in [6.45, 7) is 12.7. The van der Waals surface area contributed by atoms with Crippen LogP contribution < -0.4 is 0 Å². The maximum Gasteiger partial charge on any atom is 0.306 e. The second kappa shape index (κ2) is 28.0. The molecule has 0 aliphatic rings. The minimum absolute atomic E-state index is 0.0868. The van der Waals surface area contributed by atoms with Crippen LogP contribution in [0.15, 0.2) is 8.83 Å². The van der Waals surface area contributed by atoms with Gasteiger partial charge < -0.3 is 23.4 Å². The van der Waals surface area contributed by atoms with Gasteiger partial charge in [0.1, 0.15) is 29.6 Å². The molecular weight excluding hydrogens is 652 g/mol. The van der Waals surface area contributed by atoms with Gasteiger partial charge in [-0.3, -0.25) is 9.59 Å². The monoisotopic (exact) mass is 729 g/mol. The molecule has 0 saturated carbocycles. The lowest BCUT2D eigenvalue weighted by molar-refractivity contribution is -0.161. The van der Waals surface area contributed by atoms with Crippen molar-refractivity contribution in [2.24, 2.45) is 0 Å². The van der Waals surface area contributed by atoms with E-state index in [1.54, 1.807) is 0 Å². The number of ether oxygens (including phenoxy) is 2. The van der Waals surface area contributed by atoms with Crippen molar-refractivity contribution in [2.75, 3.05) is 13.2 Å². The lowest BCUT2D eigenvalue weighted by Gasteiger charge is -2.15. The van der Waals surface area contributed by atoms with Gasteiger partial charge in [-0.05, 0) is 88.5 Å². The van der Waals surface area contributed by atoms with Gasteiger partial charge in [0.2, 0.25) is 0 Å². The summed E-state index contributed by atoms with van der Waals surface area (Å²) >= 11 is 0. The molecule has 0 aliphatic heterocycles. The summed E-state index contributed by atoms with van der Waals surface area (Å²) < 4.78 is 23.0. The molecular formula is C45H76O7. The molecule has 2 heterocycles. The molecule has 0 saturated heterocycles. The number of esters is 2. The smallest absolute Gasteiger partial charge is 0.306 e. The van der Waals surface area contributed by atoms with E-state index in [0.717, 1.165) is 101 Å². The van der Waals surface area contributed by atoms with Crippen LogP contribution in [0, 0.1) is 27.7 Å². The fraction of sp³-hybridized carbons (Fsp3) is 0.778. The minimum Gasteiger partial charge on any atom is -0.466 e. The van der Waals surface area contributed by atoms with Crippen molar-refractivity contribution >= 4 is 11.9 Å². The molecule has 7 heteroatoms. The van der Waals surface area contributed by atoms with Crippen molar-refractivity contribution in [2.45, 2.75) is 215 Å². The highest BCUT2D eigenvalue weighted by atomic mass is 16.6. The minimum atomic E-state index is -0.797. The summed E-state index contributed by atoms with van der Waals surface area (Å²) in [5, 5.41) is 9.62. The van der Waals surface area contributed by atoms with Gasteiger partial charge in [-0.25, -0.2) is 0 Å². The summed E-state index contributed by atoms with van der Waals surface area (Å²) in [4.78, 5) is 24.5. The van der Waals surface area contributed by atoms with Crippen LogP contribution in [0.1, 0.15) is 200 Å². The van der Waals surface area contributed by atoms with Gasteiger partial charge >= 0.3 is 11.9 Å². The first-order valence-electron chi connectivity index (χ1n) is 21.3. The third kappa shape index (κ3) is 18.5. The molecule has 0 bridgehead atoms. The van der Waals surface area contributed by atoms with E-state index in [-0.39, 0.29) is 25.2 Å². The number of hydrogen-bond acceptors (Lipinski definition) is 7.